The van der Waals surface area contributed by atoms with Crippen LogP contribution in [0.2, 0.25) is 0 Å². The molecule has 1 aliphatic rings. The number of aromatic amines is 1. The van der Waals surface area contributed by atoms with E-state index in [2.05, 4.69) is 27.0 Å². The lowest BCUT2D eigenvalue weighted by molar-refractivity contribution is -0.173. The lowest BCUT2D eigenvalue weighted by Gasteiger charge is -2.10. The predicted octanol–water partition coefficient (Wildman–Crippen LogP) is 3.57. The first kappa shape index (κ1) is 17.0. The Kier molecular flexibility index (Phi) is 3.79. The summed E-state index contributed by atoms with van der Waals surface area (Å²) in [4.78, 5) is 23.0. The van der Waals surface area contributed by atoms with E-state index >= 15 is 0 Å². The van der Waals surface area contributed by atoms with Crippen molar-refractivity contribution in [3.05, 3.63) is 47.3 Å². The van der Waals surface area contributed by atoms with Gasteiger partial charge < -0.3 is 14.5 Å². The average molecular weight is 372 g/mol. The number of ether oxygens (including phenoxy) is 2. The molecular formula is C18H14F2N4O3. The Hall–Kier alpha value is -3.49. The van der Waals surface area contributed by atoms with Gasteiger partial charge in [-0.3, -0.25) is 15.1 Å². The van der Waals surface area contributed by atoms with Gasteiger partial charge in [0.15, 0.2) is 11.5 Å². The third kappa shape index (κ3) is 3.19. The highest BCUT2D eigenvalue weighted by atomic mass is 19.2. The van der Waals surface area contributed by atoms with Gasteiger partial charge in [0.25, 0.3) is 5.91 Å². The van der Waals surface area contributed by atoms with Gasteiger partial charge in [0.2, 0.25) is 5.95 Å². The summed E-state index contributed by atoms with van der Waals surface area (Å²) in [5.74, 6) is -0.812. The van der Waals surface area contributed by atoms with E-state index in [4.69, 9.17) is 9.47 Å². The maximum Gasteiger partial charge on any atom is 0.404 e. The van der Waals surface area contributed by atoms with Crippen molar-refractivity contribution in [3.63, 3.8) is 0 Å². The number of hydrogen-bond acceptors (Lipinski definition) is 5. The third-order valence-corrected chi connectivity index (χ3v) is 3.94. The summed E-state index contributed by atoms with van der Waals surface area (Å²) in [6.45, 7) is 4.75. The number of fused-ring (bicyclic) bond motifs is 2. The van der Waals surface area contributed by atoms with Gasteiger partial charge in [-0.05, 0) is 24.4 Å². The monoisotopic (exact) mass is 372 g/mol. The number of rotatable bonds is 4. The number of benzene rings is 2. The zero-order valence-corrected chi connectivity index (χ0v) is 14.2. The van der Waals surface area contributed by atoms with Gasteiger partial charge in [-0.2, -0.15) is 4.39 Å². The van der Waals surface area contributed by atoms with E-state index in [9.17, 15) is 13.6 Å². The van der Waals surface area contributed by atoms with Gasteiger partial charge in [0.1, 0.15) is 5.82 Å². The molecule has 0 aliphatic carbocycles. The molecule has 0 fully saturated rings. The van der Waals surface area contributed by atoms with Crippen LogP contribution < -0.4 is 14.8 Å². The number of carbonyl (C=O) groups is 1. The van der Waals surface area contributed by atoms with Crippen molar-refractivity contribution < 1.29 is 23.0 Å². The number of hydrogen-bond donors (Lipinski definition) is 2. The number of amides is 1. The van der Waals surface area contributed by atoms with Crippen LogP contribution in [0.1, 0.15) is 22.8 Å². The Balaban J connectivity index is 1.57. The first-order valence-electron chi connectivity index (χ1n) is 7.97. The van der Waals surface area contributed by atoms with Crippen molar-refractivity contribution >= 4 is 29.6 Å². The van der Waals surface area contributed by atoms with Crippen molar-refractivity contribution in [3.8, 4) is 11.5 Å². The van der Waals surface area contributed by atoms with Gasteiger partial charge in [0.05, 0.1) is 23.1 Å². The zero-order chi connectivity index (χ0) is 19.2. The Labute approximate surface area is 152 Å². The molecule has 1 aromatic heterocycles. The summed E-state index contributed by atoms with van der Waals surface area (Å²) < 4.78 is 37.9. The first-order valence-corrected chi connectivity index (χ1v) is 7.97. The van der Waals surface area contributed by atoms with Crippen molar-refractivity contribution in [2.75, 3.05) is 5.32 Å². The second-order valence-electron chi connectivity index (χ2n) is 6.09. The van der Waals surface area contributed by atoms with Crippen LogP contribution in [0.5, 0.6) is 11.5 Å². The second-order valence-corrected chi connectivity index (χ2v) is 6.09. The van der Waals surface area contributed by atoms with Crippen LogP contribution in [0.15, 0.2) is 35.3 Å². The molecule has 2 aromatic carbocycles. The van der Waals surface area contributed by atoms with Gasteiger partial charge >= 0.3 is 6.04 Å². The standard InChI is InChI=1S/C18H14F2N4O3/c1-18(20)26-14-6-12-13(7-15(14)27-18)23-17(22-12)24-16(25)10-4-3-9(8-21-2)5-11(10)19/h3-7H,2,8H2,1H3,(H2,22,23,24,25). The smallest absolute Gasteiger partial charge is 0.404 e. The Morgan fingerprint density at radius 1 is 1.33 bits per heavy atom. The normalized spacial score (nSPS) is 14.3. The first-order chi connectivity index (χ1) is 12.8. The quantitative estimate of drug-likeness (QED) is 0.686. The number of aromatic nitrogens is 2. The van der Waals surface area contributed by atoms with Crippen molar-refractivity contribution in [1.29, 1.82) is 0 Å². The second kappa shape index (κ2) is 6.04. The Morgan fingerprint density at radius 2 is 2.07 bits per heavy atom. The number of H-pyrrole nitrogens is 1. The maximum atomic E-state index is 14.1. The molecule has 3 aromatic rings. The van der Waals surface area contributed by atoms with Gasteiger partial charge in [-0.15, -0.1) is 0 Å². The fraction of sp³-hybridized carbons (Fsp3) is 0.167. The maximum absolute atomic E-state index is 14.1. The molecule has 138 valence electrons. The van der Waals surface area contributed by atoms with Crippen LogP contribution in [0.4, 0.5) is 14.7 Å². The summed E-state index contributed by atoms with van der Waals surface area (Å²) in [5, 5.41) is 2.49. The van der Waals surface area contributed by atoms with Crippen LogP contribution in [0.3, 0.4) is 0 Å². The van der Waals surface area contributed by atoms with E-state index in [1.165, 1.54) is 24.3 Å². The molecule has 1 unspecified atom stereocenters. The van der Waals surface area contributed by atoms with E-state index < -0.39 is 17.8 Å². The van der Waals surface area contributed by atoms with Crippen LogP contribution >= 0.6 is 0 Å². The number of carbonyl (C=O) groups excluding carboxylic acids is 1. The highest BCUT2D eigenvalue weighted by Crippen LogP contribution is 2.42. The van der Waals surface area contributed by atoms with Crippen molar-refractivity contribution in [2.45, 2.75) is 19.5 Å². The summed E-state index contributed by atoms with van der Waals surface area (Å²) in [7, 11) is 0. The molecule has 2 heterocycles. The van der Waals surface area contributed by atoms with Crippen molar-refractivity contribution in [2.24, 2.45) is 4.99 Å². The molecular weight excluding hydrogens is 358 g/mol. The van der Waals surface area contributed by atoms with E-state index in [1.54, 1.807) is 6.07 Å². The molecule has 0 radical (unpaired) electrons. The largest absolute Gasteiger partial charge is 0.423 e. The van der Waals surface area contributed by atoms with E-state index in [-0.39, 0.29) is 29.6 Å². The fourth-order valence-corrected chi connectivity index (χ4v) is 2.80. The molecule has 0 saturated heterocycles. The number of nitrogens with zero attached hydrogens (tertiary/aromatic N) is 2. The topological polar surface area (TPSA) is 88.6 Å². The van der Waals surface area contributed by atoms with Crippen molar-refractivity contribution in [1.82, 2.24) is 9.97 Å². The highest BCUT2D eigenvalue weighted by molar-refractivity contribution is 6.04. The number of imidazole rings is 1. The third-order valence-electron chi connectivity index (χ3n) is 3.94. The molecule has 2 N–H and O–H groups in total. The lowest BCUT2D eigenvalue weighted by atomic mass is 10.1. The van der Waals surface area contributed by atoms with Crippen LogP contribution in [0, 0.1) is 5.82 Å². The molecule has 4 rings (SSSR count). The molecule has 9 heteroatoms. The Bertz CT molecular complexity index is 1030. The number of nitrogens with one attached hydrogen (secondary N) is 2. The average Bonchev–Trinajstić information content (AvgIpc) is 3.09. The van der Waals surface area contributed by atoms with E-state index in [1.807, 2.05) is 0 Å². The molecule has 27 heavy (non-hydrogen) atoms. The van der Waals surface area contributed by atoms with Gasteiger partial charge in [0, 0.05) is 19.1 Å². The summed E-state index contributed by atoms with van der Waals surface area (Å²) in [6, 6.07) is 4.96. The van der Waals surface area contributed by atoms with Gasteiger partial charge in [-0.1, -0.05) is 6.07 Å². The number of aliphatic imine (C=N–C) groups is 1. The Morgan fingerprint density at radius 3 is 2.78 bits per heavy atom. The SMILES string of the molecule is C=NCc1ccc(C(=O)Nc2nc3cc4c(cc3[nH]2)OC(C)(F)O4)c(F)c1. The van der Waals surface area contributed by atoms with Gasteiger partial charge in [-0.25, -0.2) is 9.37 Å². The molecule has 1 aliphatic heterocycles. The lowest BCUT2D eigenvalue weighted by Crippen LogP contribution is -2.27. The summed E-state index contributed by atoms with van der Waals surface area (Å²) >= 11 is 0. The number of anilines is 1. The molecule has 1 atom stereocenters. The molecule has 7 nitrogen and oxygen atoms in total. The number of alkyl halides is 1. The molecule has 0 saturated carbocycles. The minimum absolute atomic E-state index is 0.109. The fourth-order valence-electron chi connectivity index (χ4n) is 2.80. The molecule has 0 spiro atoms. The predicted molar refractivity (Wildman–Crippen MR) is 94.5 cm³/mol. The highest BCUT2D eigenvalue weighted by Gasteiger charge is 2.37. The van der Waals surface area contributed by atoms with Crippen LogP contribution in [0.25, 0.3) is 11.0 Å². The zero-order valence-electron chi connectivity index (χ0n) is 14.2. The van der Waals surface area contributed by atoms with Crippen LogP contribution in [-0.4, -0.2) is 28.6 Å². The van der Waals surface area contributed by atoms with E-state index in [0.29, 0.717) is 16.6 Å². The molecule has 1 amide bonds. The summed E-state index contributed by atoms with van der Waals surface area (Å²) in [6.07, 6.45) is 0. The van der Waals surface area contributed by atoms with Crippen LogP contribution in [-0.2, 0) is 6.54 Å². The summed E-state index contributed by atoms with van der Waals surface area (Å²) in [5.41, 5.74) is 1.40. The molecule has 0 bridgehead atoms. The number of halogens is 2. The minimum atomic E-state index is -2.23. The van der Waals surface area contributed by atoms with E-state index in [0.717, 1.165) is 6.92 Å². The minimum Gasteiger partial charge on any atom is -0.423 e.